The van der Waals surface area contributed by atoms with Crippen LogP contribution in [0.2, 0.25) is 0 Å². The van der Waals surface area contributed by atoms with Crippen molar-refractivity contribution in [3.63, 3.8) is 0 Å². The summed E-state index contributed by atoms with van der Waals surface area (Å²) in [4.78, 5) is 22.7. The zero-order valence-electron chi connectivity index (χ0n) is 19.4. The van der Waals surface area contributed by atoms with Gasteiger partial charge in [-0.3, -0.25) is 9.80 Å². The van der Waals surface area contributed by atoms with Gasteiger partial charge in [-0.15, -0.1) is 13.2 Å². The Morgan fingerprint density at radius 3 is 2.31 bits per heavy atom. The summed E-state index contributed by atoms with van der Waals surface area (Å²) in [7, 11) is 3.96. The summed E-state index contributed by atoms with van der Waals surface area (Å²) in [5.74, 6) is -0.292. The first-order valence-corrected chi connectivity index (χ1v) is 11.3. The molecular formula is C24H26F4N4O3. The summed E-state index contributed by atoms with van der Waals surface area (Å²) in [5.41, 5.74) is -1.52. The van der Waals surface area contributed by atoms with E-state index in [1.165, 1.54) is 11.0 Å². The molecule has 1 aliphatic carbocycles. The maximum absolute atomic E-state index is 15.2. The molecule has 2 aromatic rings. The number of ether oxygens (including phenoxy) is 2. The number of nitrogens with zero attached hydrogens (tertiary/aromatic N) is 4. The van der Waals surface area contributed by atoms with E-state index in [-0.39, 0.29) is 37.7 Å². The van der Waals surface area contributed by atoms with Crippen LogP contribution in [0.15, 0.2) is 48.7 Å². The molecule has 7 nitrogen and oxygen atoms in total. The molecule has 3 aliphatic rings. The van der Waals surface area contributed by atoms with Crippen molar-refractivity contribution in [2.24, 2.45) is 0 Å². The van der Waals surface area contributed by atoms with E-state index >= 15 is 4.39 Å². The third-order valence-electron chi connectivity index (χ3n) is 7.29. The van der Waals surface area contributed by atoms with Crippen LogP contribution < -0.4 is 9.64 Å². The topological polar surface area (TPSA) is 58.1 Å². The van der Waals surface area contributed by atoms with Crippen molar-refractivity contribution in [2.45, 2.75) is 36.0 Å². The van der Waals surface area contributed by atoms with Crippen LogP contribution in [0, 0.1) is 0 Å². The molecule has 0 bridgehead atoms. The summed E-state index contributed by atoms with van der Waals surface area (Å²) < 4.78 is 61.7. The fourth-order valence-corrected chi connectivity index (χ4v) is 5.50. The standard InChI is InChI=1S/C24H26F4N4O3/c1-30(2)23(17-6-4-3-5-7-17)11-22(12-23)14-31(20(33)32(22)13-21(25)15-34-16-21)19-9-8-18(10-29-19)35-24(26,27)28/h3-10H,11-16H2,1-2H3. The highest BCUT2D eigenvalue weighted by Crippen LogP contribution is 2.57. The van der Waals surface area contributed by atoms with Crippen molar-refractivity contribution in [2.75, 3.05) is 45.3 Å². The van der Waals surface area contributed by atoms with Gasteiger partial charge in [-0.2, -0.15) is 0 Å². The Kier molecular flexibility index (Phi) is 5.48. The number of hydrogen-bond donors (Lipinski definition) is 0. The van der Waals surface area contributed by atoms with Crippen LogP contribution in [-0.4, -0.2) is 78.8 Å². The molecule has 35 heavy (non-hydrogen) atoms. The molecule has 2 aliphatic heterocycles. The number of pyridine rings is 1. The van der Waals surface area contributed by atoms with Gasteiger partial charge >= 0.3 is 12.4 Å². The summed E-state index contributed by atoms with van der Waals surface area (Å²) in [5, 5.41) is 0. The van der Waals surface area contributed by atoms with Gasteiger partial charge in [-0.05, 0) is 44.6 Å². The fraction of sp³-hybridized carbons (Fsp3) is 0.500. The number of anilines is 1. The van der Waals surface area contributed by atoms with Crippen LogP contribution >= 0.6 is 0 Å². The van der Waals surface area contributed by atoms with E-state index in [9.17, 15) is 18.0 Å². The maximum Gasteiger partial charge on any atom is 0.573 e. The van der Waals surface area contributed by atoms with E-state index in [0.29, 0.717) is 12.8 Å². The van der Waals surface area contributed by atoms with Crippen LogP contribution in [0.1, 0.15) is 18.4 Å². The Balaban J connectivity index is 1.44. The Morgan fingerprint density at radius 2 is 1.80 bits per heavy atom. The van der Waals surface area contributed by atoms with Gasteiger partial charge in [0.2, 0.25) is 0 Å². The Hall–Kier alpha value is -2.92. The van der Waals surface area contributed by atoms with E-state index in [1.807, 2.05) is 44.4 Å². The van der Waals surface area contributed by atoms with E-state index in [1.54, 1.807) is 4.90 Å². The normalized spacial score (nSPS) is 27.8. The average molecular weight is 494 g/mol. The number of urea groups is 1. The summed E-state index contributed by atoms with van der Waals surface area (Å²) >= 11 is 0. The average Bonchev–Trinajstić information content (AvgIpc) is 3.03. The van der Waals surface area contributed by atoms with Gasteiger partial charge in [-0.1, -0.05) is 30.3 Å². The van der Waals surface area contributed by atoms with E-state index in [0.717, 1.165) is 17.8 Å². The van der Waals surface area contributed by atoms with Gasteiger partial charge in [0.15, 0.2) is 5.67 Å². The van der Waals surface area contributed by atoms with Gasteiger partial charge in [0.1, 0.15) is 11.6 Å². The molecule has 2 saturated heterocycles. The van der Waals surface area contributed by atoms with Crippen LogP contribution in [0.25, 0.3) is 0 Å². The molecule has 0 N–H and O–H groups in total. The van der Waals surface area contributed by atoms with Gasteiger partial charge in [0.25, 0.3) is 0 Å². The second-order valence-electron chi connectivity index (χ2n) is 9.87. The largest absolute Gasteiger partial charge is 0.573 e. The monoisotopic (exact) mass is 494 g/mol. The predicted octanol–water partition coefficient (Wildman–Crippen LogP) is 3.95. The zero-order valence-corrected chi connectivity index (χ0v) is 19.4. The second-order valence-corrected chi connectivity index (χ2v) is 9.87. The number of carbonyl (C=O) groups excluding carboxylic acids is 1. The Labute approximate surface area is 200 Å². The molecule has 1 aromatic carbocycles. The number of aromatic nitrogens is 1. The lowest BCUT2D eigenvalue weighted by atomic mass is 9.58. The number of amides is 2. The molecule has 5 rings (SSSR count). The molecule has 2 amide bonds. The van der Waals surface area contributed by atoms with Crippen molar-refractivity contribution < 1.29 is 31.8 Å². The molecule has 11 heteroatoms. The van der Waals surface area contributed by atoms with Gasteiger partial charge in [0, 0.05) is 0 Å². The first-order chi connectivity index (χ1) is 16.5. The summed E-state index contributed by atoms with van der Waals surface area (Å²) in [6.45, 7) is -0.0221. The quantitative estimate of drug-likeness (QED) is 0.570. The second kappa shape index (κ2) is 8.06. The SMILES string of the molecule is CN(C)C1(c2ccccc2)CC2(CN(c3ccc(OC(F)(F)F)cn3)C(=O)N2CC2(F)COC2)C1. The first-order valence-electron chi connectivity index (χ1n) is 11.3. The van der Waals surface area contributed by atoms with Crippen molar-refractivity contribution in [1.29, 1.82) is 0 Å². The molecule has 1 aromatic heterocycles. The summed E-state index contributed by atoms with van der Waals surface area (Å²) in [6, 6.07) is 12.0. The molecule has 1 saturated carbocycles. The highest BCUT2D eigenvalue weighted by atomic mass is 19.4. The third kappa shape index (κ3) is 4.10. The lowest BCUT2D eigenvalue weighted by molar-refractivity contribution is -0.274. The summed E-state index contributed by atoms with van der Waals surface area (Å²) in [6.07, 6.45) is -2.76. The van der Waals surface area contributed by atoms with Crippen molar-refractivity contribution in [1.82, 2.24) is 14.8 Å². The fourth-order valence-electron chi connectivity index (χ4n) is 5.50. The number of halogens is 4. The molecule has 0 unspecified atom stereocenters. The minimum atomic E-state index is -4.84. The predicted molar refractivity (Wildman–Crippen MR) is 119 cm³/mol. The number of alkyl halides is 4. The first kappa shape index (κ1) is 23.8. The maximum atomic E-state index is 15.2. The van der Waals surface area contributed by atoms with Crippen molar-refractivity contribution in [3.05, 3.63) is 54.2 Å². The lowest BCUT2D eigenvalue weighted by Gasteiger charge is -2.61. The van der Waals surface area contributed by atoms with Crippen molar-refractivity contribution in [3.8, 4) is 5.75 Å². The van der Waals surface area contributed by atoms with Gasteiger partial charge in [-0.25, -0.2) is 14.2 Å². The molecular weight excluding hydrogens is 468 g/mol. The van der Waals surface area contributed by atoms with Crippen LogP contribution in [0.3, 0.4) is 0 Å². The Bertz CT molecular complexity index is 1080. The molecule has 0 radical (unpaired) electrons. The van der Waals surface area contributed by atoms with E-state index in [2.05, 4.69) is 14.6 Å². The van der Waals surface area contributed by atoms with Crippen LogP contribution in [0.4, 0.5) is 28.2 Å². The molecule has 1 spiro atoms. The molecule has 188 valence electrons. The minimum Gasteiger partial charge on any atom is -0.404 e. The molecule has 0 atom stereocenters. The highest BCUT2D eigenvalue weighted by Gasteiger charge is 2.66. The molecule has 3 heterocycles. The Morgan fingerprint density at radius 1 is 1.11 bits per heavy atom. The zero-order chi connectivity index (χ0) is 25.1. The van der Waals surface area contributed by atoms with E-state index < -0.39 is 29.4 Å². The minimum absolute atomic E-state index is 0.0773. The third-order valence-corrected chi connectivity index (χ3v) is 7.29. The number of hydrogen-bond acceptors (Lipinski definition) is 5. The number of carbonyl (C=O) groups is 1. The van der Waals surface area contributed by atoms with Gasteiger partial charge < -0.3 is 14.4 Å². The van der Waals surface area contributed by atoms with Gasteiger partial charge in [0.05, 0.1) is 43.6 Å². The number of benzene rings is 1. The van der Waals surface area contributed by atoms with Crippen LogP contribution in [-0.2, 0) is 10.3 Å². The number of rotatable bonds is 6. The molecule has 3 fully saturated rings. The highest BCUT2D eigenvalue weighted by molar-refractivity contribution is 5.95. The van der Waals surface area contributed by atoms with Crippen LogP contribution in [0.5, 0.6) is 5.75 Å². The lowest BCUT2D eigenvalue weighted by Crippen LogP contribution is -2.70. The van der Waals surface area contributed by atoms with Crippen molar-refractivity contribution >= 4 is 11.8 Å². The van der Waals surface area contributed by atoms with E-state index in [4.69, 9.17) is 4.74 Å². The smallest absolute Gasteiger partial charge is 0.404 e.